The maximum atomic E-state index is 13.6. The molecule has 1 spiro atoms. The first-order valence-electron chi connectivity index (χ1n) is 14.0. The maximum absolute atomic E-state index is 13.6. The van der Waals surface area contributed by atoms with Crippen molar-refractivity contribution < 1.29 is 19.1 Å². The van der Waals surface area contributed by atoms with E-state index in [4.69, 9.17) is 4.74 Å². The molecule has 0 radical (unpaired) electrons. The summed E-state index contributed by atoms with van der Waals surface area (Å²) in [7, 11) is 0. The molecule has 4 heterocycles. The Labute approximate surface area is 222 Å². The highest BCUT2D eigenvalue weighted by Gasteiger charge is 2.48. The van der Waals surface area contributed by atoms with Crippen LogP contribution in [0.1, 0.15) is 74.3 Å². The molecule has 3 fully saturated rings. The van der Waals surface area contributed by atoms with E-state index in [1.54, 1.807) is 29.2 Å². The molecule has 1 atom stereocenters. The Balaban J connectivity index is 1.20. The van der Waals surface area contributed by atoms with Crippen molar-refractivity contribution in [2.75, 3.05) is 23.8 Å². The third-order valence-corrected chi connectivity index (χ3v) is 8.88. The molecule has 2 aliphatic carbocycles. The van der Waals surface area contributed by atoms with Gasteiger partial charge in [-0.15, -0.1) is 0 Å². The number of fused-ring (bicyclic) bond motifs is 2. The lowest BCUT2D eigenvalue weighted by Crippen LogP contribution is -2.49. The molecule has 1 saturated heterocycles. The summed E-state index contributed by atoms with van der Waals surface area (Å²) < 4.78 is 7.23. The predicted molar refractivity (Wildman–Crippen MR) is 141 cm³/mol. The van der Waals surface area contributed by atoms with Gasteiger partial charge in [0.1, 0.15) is 17.6 Å². The summed E-state index contributed by atoms with van der Waals surface area (Å²) in [5, 5.41) is 13.3. The number of hydrogen-bond donors (Lipinski definition) is 3. The highest BCUT2D eigenvalue weighted by atomic mass is 16.5. The van der Waals surface area contributed by atoms with Gasteiger partial charge in [0.15, 0.2) is 0 Å². The van der Waals surface area contributed by atoms with Gasteiger partial charge in [-0.3, -0.25) is 19.1 Å². The summed E-state index contributed by atoms with van der Waals surface area (Å²) in [5.74, 6) is 0.985. The van der Waals surface area contributed by atoms with E-state index in [0.717, 1.165) is 50.6 Å². The Kier molecular flexibility index (Phi) is 6.67. The summed E-state index contributed by atoms with van der Waals surface area (Å²) >= 11 is 0. The van der Waals surface area contributed by atoms with E-state index in [9.17, 15) is 14.4 Å². The average molecular weight is 521 g/mol. The zero-order valence-corrected chi connectivity index (χ0v) is 21.9. The second-order valence-electron chi connectivity index (χ2n) is 11.6. The maximum Gasteiger partial charge on any atom is 0.270 e. The van der Waals surface area contributed by atoms with Gasteiger partial charge < -0.3 is 20.7 Å². The van der Waals surface area contributed by atoms with Gasteiger partial charge in [-0.2, -0.15) is 5.10 Å². The number of pyridine rings is 1. The van der Waals surface area contributed by atoms with Gasteiger partial charge in [-0.25, -0.2) is 4.98 Å². The van der Waals surface area contributed by atoms with E-state index < -0.39 is 11.5 Å². The molecular formula is C28H36N6O4. The van der Waals surface area contributed by atoms with Crippen LogP contribution in [-0.4, -0.2) is 51.7 Å². The molecule has 2 aromatic heterocycles. The number of amides is 3. The highest BCUT2D eigenvalue weighted by Crippen LogP contribution is 2.44. The standard InChI is InChI=1S/C28H36N6O4/c1-17-2-6-19(7-3-17)24(33-25(35)22-8-11-30-34(22)16-18-4-5-18)26(36)32-23-14-21-20(15-29-23)28(27(37)31-21)9-12-38-13-10-28/h8,11,14-15,17-19,24H,2-7,9-10,12-13,16H2,1H3,(H,31,37)(H,33,35)(H,29,32,36)/t17?,19?,24-/m0/s1. The predicted octanol–water partition coefficient (Wildman–Crippen LogP) is 3.25. The second kappa shape index (κ2) is 10.1. The molecule has 2 saturated carbocycles. The van der Waals surface area contributed by atoms with Gasteiger partial charge in [0, 0.05) is 43.8 Å². The van der Waals surface area contributed by atoms with Gasteiger partial charge in [0.25, 0.3) is 5.91 Å². The first-order chi connectivity index (χ1) is 18.4. The van der Waals surface area contributed by atoms with Crippen LogP contribution in [-0.2, 0) is 26.3 Å². The van der Waals surface area contributed by atoms with E-state index in [1.165, 1.54) is 0 Å². The zero-order valence-electron chi connectivity index (χ0n) is 21.9. The minimum atomic E-state index is -0.689. The van der Waals surface area contributed by atoms with Crippen LogP contribution in [0.15, 0.2) is 24.5 Å². The van der Waals surface area contributed by atoms with Crippen LogP contribution in [0.25, 0.3) is 0 Å². The Hall–Kier alpha value is -3.27. The van der Waals surface area contributed by atoms with Crippen molar-refractivity contribution >= 4 is 29.2 Å². The van der Waals surface area contributed by atoms with Crippen molar-refractivity contribution in [1.29, 1.82) is 0 Å². The fraction of sp³-hybridized carbons (Fsp3) is 0.607. The minimum absolute atomic E-state index is 0.0367. The molecule has 0 bridgehead atoms. The monoisotopic (exact) mass is 520 g/mol. The van der Waals surface area contributed by atoms with Crippen LogP contribution in [0.2, 0.25) is 0 Å². The van der Waals surface area contributed by atoms with Gasteiger partial charge in [-0.1, -0.05) is 19.8 Å². The summed E-state index contributed by atoms with van der Waals surface area (Å²) in [4.78, 5) is 44.4. The number of anilines is 2. The van der Waals surface area contributed by atoms with Gasteiger partial charge >= 0.3 is 0 Å². The highest BCUT2D eigenvalue weighted by molar-refractivity contribution is 6.07. The normalized spacial score (nSPS) is 24.9. The SMILES string of the molecule is CC1CCC([C@H](NC(=O)c2ccnn2CC2CC2)C(=O)Nc2cc3c(cn2)C2(CCOCC2)C(=O)N3)CC1. The molecule has 3 N–H and O–H groups in total. The number of hydrogen-bond acceptors (Lipinski definition) is 6. The number of aromatic nitrogens is 3. The Morgan fingerprint density at radius 2 is 1.95 bits per heavy atom. The fourth-order valence-corrected chi connectivity index (χ4v) is 6.24. The minimum Gasteiger partial charge on any atom is -0.381 e. The summed E-state index contributed by atoms with van der Waals surface area (Å²) in [5.41, 5.74) is 1.41. The summed E-state index contributed by atoms with van der Waals surface area (Å²) in [6.45, 7) is 4.03. The van der Waals surface area contributed by atoms with E-state index in [2.05, 4.69) is 33.0 Å². The van der Waals surface area contributed by atoms with Crippen molar-refractivity contribution in [3.63, 3.8) is 0 Å². The third kappa shape index (κ3) is 4.81. The molecule has 10 nitrogen and oxygen atoms in total. The van der Waals surface area contributed by atoms with E-state index in [1.807, 2.05) is 0 Å². The Morgan fingerprint density at radius 1 is 1.18 bits per heavy atom. The first-order valence-corrected chi connectivity index (χ1v) is 14.0. The number of rotatable bonds is 7. The van der Waals surface area contributed by atoms with E-state index in [-0.39, 0.29) is 23.6 Å². The molecule has 6 rings (SSSR count). The molecular weight excluding hydrogens is 484 g/mol. The van der Waals surface area contributed by atoms with Crippen LogP contribution in [0.3, 0.4) is 0 Å². The lowest BCUT2D eigenvalue weighted by Gasteiger charge is -2.32. The number of ether oxygens (including phenoxy) is 1. The quantitative estimate of drug-likeness (QED) is 0.514. The fourth-order valence-electron chi connectivity index (χ4n) is 6.24. The van der Waals surface area contributed by atoms with E-state index in [0.29, 0.717) is 55.1 Å². The number of nitrogens with zero attached hydrogens (tertiary/aromatic N) is 3. The molecule has 0 aromatic carbocycles. The van der Waals surface area contributed by atoms with Crippen molar-refractivity contribution in [3.8, 4) is 0 Å². The van der Waals surface area contributed by atoms with Crippen molar-refractivity contribution in [2.24, 2.45) is 17.8 Å². The summed E-state index contributed by atoms with van der Waals surface area (Å²) in [6.07, 6.45) is 10.7. The number of carbonyl (C=O) groups excluding carboxylic acids is 3. The van der Waals surface area contributed by atoms with Crippen LogP contribution < -0.4 is 16.0 Å². The molecule has 2 aromatic rings. The molecule has 202 valence electrons. The van der Waals surface area contributed by atoms with Crippen LogP contribution in [0.5, 0.6) is 0 Å². The average Bonchev–Trinajstić information content (AvgIpc) is 3.55. The Morgan fingerprint density at radius 3 is 2.68 bits per heavy atom. The molecule has 2 aliphatic heterocycles. The van der Waals surface area contributed by atoms with Crippen molar-refractivity contribution in [2.45, 2.75) is 76.3 Å². The number of nitrogens with one attached hydrogen (secondary N) is 3. The smallest absolute Gasteiger partial charge is 0.270 e. The van der Waals surface area contributed by atoms with Gasteiger partial charge in [-0.05, 0) is 62.3 Å². The van der Waals surface area contributed by atoms with Gasteiger partial charge in [0.2, 0.25) is 11.8 Å². The molecule has 38 heavy (non-hydrogen) atoms. The van der Waals surface area contributed by atoms with Crippen LogP contribution in [0.4, 0.5) is 11.5 Å². The first kappa shape index (κ1) is 25.0. The molecule has 3 amide bonds. The van der Waals surface area contributed by atoms with Crippen LogP contribution in [0, 0.1) is 17.8 Å². The number of carbonyl (C=O) groups is 3. The summed E-state index contributed by atoms with van der Waals surface area (Å²) in [6, 6.07) is 2.75. The van der Waals surface area contributed by atoms with Crippen LogP contribution >= 0.6 is 0 Å². The molecule has 10 heteroatoms. The Bertz CT molecular complexity index is 1220. The molecule has 0 unspecified atom stereocenters. The lowest BCUT2D eigenvalue weighted by atomic mass is 9.76. The lowest BCUT2D eigenvalue weighted by molar-refractivity contribution is -0.124. The topological polar surface area (TPSA) is 127 Å². The van der Waals surface area contributed by atoms with E-state index >= 15 is 0 Å². The second-order valence-corrected chi connectivity index (χ2v) is 11.6. The zero-order chi connectivity index (χ0) is 26.3. The van der Waals surface area contributed by atoms with Gasteiger partial charge in [0.05, 0.1) is 11.1 Å². The van der Waals surface area contributed by atoms with Crippen molar-refractivity contribution in [3.05, 3.63) is 35.8 Å². The van der Waals surface area contributed by atoms with Crippen molar-refractivity contribution in [1.82, 2.24) is 20.1 Å². The molecule has 4 aliphatic rings. The largest absolute Gasteiger partial charge is 0.381 e. The third-order valence-electron chi connectivity index (χ3n) is 8.88.